The molecule has 0 bridgehead atoms. The van der Waals surface area contributed by atoms with Crippen LogP contribution in [0, 0.1) is 0 Å². The smallest absolute Gasteiger partial charge is 0.306 e. The van der Waals surface area contributed by atoms with Crippen molar-refractivity contribution >= 4 is 17.9 Å². The van der Waals surface area contributed by atoms with Gasteiger partial charge in [0, 0.05) is 12.8 Å². The number of carbonyl (C=O) groups excluding carboxylic acids is 3. The van der Waals surface area contributed by atoms with Crippen LogP contribution in [0.15, 0.2) is 158 Å². The van der Waals surface area contributed by atoms with E-state index in [2.05, 4.69) is 172 Å². The molecule has 9 nitrogen and oxygen atoms in total. The number of esters is 2. The molecule has 0 aromatic carbocycles. The summed E-state index contributed by atoms with van der Waals surface area (Å²) in [6, 6.07) is 0. The van der Waals surface area contributed by atoms with E-state index in [1.165, 1.54) is 57.8 Å². The second-order valence-corrected chi connectivity index (χ2v) is 22.3. The molecule has 2 unspecified atom stereocenters. The predicted molar refractivity (Wildman–Crippen MR) is 352 cm³/mol. The Morgan fingerprint density at radius 3 is 0.964 bits per heavy atom. The second kappa shape index (κ2) is 62.9. The van der Waals surface area contributed by atoms with E-state index in [-0.39, 0.29) is 38.6 Å². The molecule has 0 radical (unpaired) electrons. The van der Waals surface area contributed by atoms with Crippen molar-refractivity contribution in [2.45, 2.75) is 245 Å². The van der Waals surface area contributed by atoms with Gasteiger partial charge in [-0.15, -0.1) is 0 Å². The number of carboxylic acid groups (broad SMARTS) is 1. The van der Waals surface area contributed by atoms with Crippen LogP contribution in [0.2, 0.25) is 0 Å². The van der Waals surface area contributed by atoms with E-state index in [4.69, 9.17) is 18.9 Å². The highest BCUT2D eigenvalue weighted by atomic mass is 16.7. The summed E-state index contributed by atoms with van der Waals surface area (Å²) in [7, 11) is 5.91. The molecule has 0 fully saturated rings. The summed E-state index contributed by atoms with van der Waals surface area (Å²) >= 11 is 0. The zero-order valence-electron chi connectivity index (χ0n) is 53.2. The Balaban J connectivity index is 4.26. The molecule has 0 rings (SSSR count). The number of carboxylic acids is 1. The van der Waals surface area contributed by atoms with Gasteiger partial charge >= 0.3 is 11.9 Å². The lowest BCUT2D eigenvalue weighted by Gasteiger charge is -2.26. The first kappa shape index (κ1) is 77.9. The van der Waals surface area contributed by atoms with Crippen molar-refractivity contribution < 1.29 is 42.9 Å². The molecule has 0 spiro atoms. The zero-order chi connectivity index (χ0) is 60.5. The SMILES string of the molecule is CC/C=C\C/C=C\C/C=C\C/C=C\C/C=C\C/C=C\C/C=C\CCCCCCCCCCCC(=O)OC(COC(=O)CCCCCCCCCC/C=C\C/C=C\C/C=C\C/C=C\C/C=C\C/C=C\CC)COC(OCC[N+](C)(C)C)C(=O)[O-]. The lowest BCUT2D eigenvalue weighted by atomic mass is 10.1. The molecule has 0 saturated heterocycles. The third-order valence-electron chi connectivity index (χ3n) is 13.3. The molecule has 0 saturated carbocycles. The molecular weight excluding hydrogens is 1030 g/mol. The van der Waals surface area contributed by atoms with Gasteiger partial charge in [-0.1, -0.05) is 255 Å². The lowest BCUT2D eigenvalue weighted by Crippen LogP contribution is -2.44. The van der Waals surface area contributed by atoms with Gasteiger partial charge in [-0.2, -0.15) is 0 Å². The number of nitrogens with zero attached hydrogens (tertiary/aromatic N) is 1. The molecule has 2 atom stereocenters. The van der Waals surface area contributed by atoms with Crippen molar-refractivity contribution in [2.24, 2.45) is 0 Å². The van der Waals surface area contributed by atoms with Crippen molar-refractivity contribution in [2.75, 3.05) is 47.5 Å². The Morgan fingerprint density at radius 1 is 0.361 bits per heavy atom. The van der Waals surface area contributed by atoms with Crippen LogP contribution in [0.3, 0.4) is 0 Å². The maximum Gasteiger partial charge on any atom is 0.306 e. The molecule has 0 aliphatic heterocycles. The van der Waals surface area contributed by atoms with E-state index in [0.29, 0.717) is 17.4 Å². The maximum atomic E-state index is 12.9. The molecule has 0 N–H and O–H groups in total. The van der Waals surface area contributed by atoms with Gasteiger partial charge in [0.2, 0.25) is 0 Å². The number of carbonyl (C=O) groups is 3. The largest absolute Gasteiger partial charge is 0.545 e. The number of hydrogen-bond donors (Lipinski definition) is 0. The van der Waals surface area contributed by atoms with Gasteiger partial charge in [0.25, 0.3) is 0 Å². The minimum Gasteiger partial charge on any atom is -0.545 e. The third kappa shape index (κ3) is 64.3. The molecular formula is C74H119NO8. The van der Waals surface area contributed by atoms with Gasteiger partial charge in [-0.3, -0.25) is 9.59 Å². The topological polar surface area (TPSA) is 111 Å². The van der Waals surface area contributed by atoms with Gasteiger partial charge in [-0.25, -0.2) is 0 Å². The summed E-state index contributed by atoms with van der Waals surface area (Å²) in [6.07, 6.45) is 90.1. The highest BCUT2D eigenvalue weighted by Crippen LogP contribution is 2.15. The molecule has 83 heavy (non-hydrogen) atoms. The molecule has 0 heterocycles. The maximum absolute atomic E-state index is 12.9. The van der Waals surface area contributed by atoms with Crippen LogP contribution >= 0.6 is 0 Å². The molecule has 9 heteroatoms. The zero-order valence-corrected chi connectivity index (χ0v) is 53.2. The molecule has 468 valence electrons. The number of aliphatic carboxylic acids is 1. The summed E-state index contributed by atoms with van der Waals surface area (Å²) in [5, 5.41) is 11.8. The van der Waals surface area contributed by atoms with E-state index in [1.54, 1.807) is 0 Å². The Kier molecular flexibility index (Phi) is 59.1. The number of likely N-dealkylation sites (N-methyl/N-ethyl adjacent to an activating group) is 1. The van der Waals surface area contributed by atoms with Crippen molar-refractivity contribution in [3.63, 3.8) is 0 Å². The van der Waals surface area contributed by atoms with Gasteiger partial charge in [0.05, 0.1) is 40.3 Å². The van der Waals surface area contributed by atoms with E-state index in [1.807, 2.05) is 21.1 Å². The minimum atomic E-state index is -1.64. The van der Waals surface area contributed by atoms with Gasteiger partial charge in [0.1, 0.15) is 13.2 Å². The van der Waals surface area contributed by atoms with Gasteiger partial charge in [0.15, 0.2) is 12.4 Å². The fourth-order valence-electron chi connectivity index (χ4n) is 8.34. The Labute approximate surface area is 508 Å². The van der Waals surface area contributed by atoms with E-state index in [0.717, 1.165) is 141 Å². The molecule has 0 amide bonds. The van der Waals surface area contributed by atoms with Gasteiger partial charge in [-0.05, 0) is 122 Å². The van der Waals surface area contributed by atoms with E-state index in [9.17, 15) is 19.5 Å². The summed E-state index contributed by atoms with van der Waals surface area (Å²) in [6.45, 7) is 4.49. The van der Waals surface area contributed by atoms with Crippen molar-refractivity contribution in [3.8, 4) is 0 Å². The fraction of sp³-hybridized carbons (Fsp3) is 0.608. The predicted octanol–water partition coefficient (Wildman–Crippen LogP) is 18.8. The van der Waals surface area contributed by atoms with Crippen LogP contribution < -0.4 is 5.11 Å². The normalized spacial score (nSPS) is 13.8. The quantitative estimate of drug-likeness (QED) is 0.0195. The number of rotatable bonds is 58. The number of quaternary nitrogens is 1. The molecule has 0 aliphatic carbocycles. The minimum absolute atomic E-state index is 0.136. The van der Waals surface area contributed by atoms with Crippen molar-refractivity contribution in [3.05, 3.63) is 158 Å². The summed E-state index contributed by atoms with van der Waals surface area (Å²) in [5.74, 6) is -2.32. The first-order valence-corrected chi connectivity index (χ1v) is 32.6. The highest BCUT2D eigenvalue weighted by Gasteiger charge is 2.22. The number of unbranched alkanes of at least 4 members (excludes halogenated alkanes) is 17. The third-order valence-corrected chi connectivity index (χ3v) is 13.3. The highest BCUT2D eigenvalue weighted by molar-refractivity contribution is 5.70. The second-order valence-electron chi connectivity index (χ2n) is 22.3. The first-order valence-electron chi connectivity index (χ1n) is 32.6. The van der Waals surface area contributed by atoms with Crippen molar-refractivity contribution in [1.29, 1.82) is 0 Å². The van der Waals surface area contributed by atoms with Crippen LogP contribution in [0.4, 0.5) is 0 Å². The first-order chi connectivity index (χ1) is 40.6. The number of allylic oxidation sites excluding steroid dienone is 26. The molecule has 0 aromatic rings. The van der Waals surface area contributed by atoms with Crippen molar-refractivity contribution in [1.82, 2.24) is 0 Å². The summed E-state index contributed by atoms with van der Waals surface area (Å²) in [5.41, 5.74) is 0. The van der Waals surface area contributed by atoms with Crippen LogP contribution in [0.5, 0.6) is 0 Å². The Morgan fingerprint density at radius 2 is 0.651 bits per heavy atom. The Hall–Kier alpha value is -5.09. The monoisotopic (exact) mass is 1150 g/mol. The van der Waals surface area contributed by atoms with Crippen LogP contribution in [0.1, 0.15) is 232 Å². The molecule has 0 aliphatic rings. The summed E-state index contributed by atoms with van der Waals surface area (Å²) in [4.78, 5) is 37.4. The lowest BCUT2D eigenvalue weighted by molar-refractivity contribution is -0.870. The van der Waals surface area contributed by atoms with Crippen LogP contribution in [0.25, 0.3) is 0 Å². The number of hydrogen-bond acceptors (Lipinski definition) is 8. The average molecular weight is 1150 g/mol. The fourth-order valence-corrected chi connectivity index (χ4v) is 8.34. The van der Waals surface area contributed by atoms with E-state index < -0.39 is 24.3 Å². The number of ether oxygens (including phenoxy) is 4. The Bertz CT molecular complexity index is 1920. The van der Waals surface area contributed by atoms with E-state index >= 15 is 0 Å². The van der Waals surface area contributed by atoms with Crippen LogP contribution in [-0.2, 0) is 33.3 Å². The summed E-state index contributed by atoms with van der Waals surface area (Å²) < 4.78 is 22.7. The van der Waals surface area contributed by atoms with Gasteiger partial charge < -0.3 is 33.3 Å². The van der Waals surface area contributed by atoms with Crippen LogP contribution in [-0.4, -0.2) is 82.3 Å². The average Bonchev–Trinajstić information content (AvgIpc) is 3.46. The standard InChI is InChI=1S/C74H119NO8/c1-6-8-10-12-14-16-18-20-22-24-26-28-30-32-34-35-36-37-39-41-43-45-47-49-51-53-55-57-59-61-63-65-72(77)83-70(69-82-74(73(78)79)80-67-66-75(3,4)5)68-81-71(76)64-62-60-58-56-54-52-50-48-46-44-42-40-38-33-31-29-27-25-23-21-19-17-15-13-11-9-7-2/h8-11,14-17,20-23,26-29,32-34,36-38,41-44,70,74H,6-7,12-13,18-19,24-25,30-31,35,39-40,45-69H2,1-5H3/b10-8-,11-9-,16-14-,17-15-,22-20-,23-21-,28-26-,29-27-,34-32-,37-36-,38-33-,43-41-,44-42-. The molecule has 0 aromatic heterocycles.